The molecule has 3 N–H and O–H groups in total. The van der Waals surface area contributed by atoms with E-state index in [-0.39, 0.29) is 17.9 Å². The van der Waals surface area contributed by atoms with Crippen molar-refractivity contribution in [2.45, 2.75) is 38.8 Å². The number of hydrogen-bond donors (Lipinski definition) is 2. The highest BCUT2D eigenvalue weighted by Gasteiger charge is 2.31. The molecule has 1 aromatic rings. The molecule has 1 aliphatic rings. The number of nitrogens with one attached hydrogen (secondary N) is 1. The second kappa shape index (κ2) is 6.06. The summed E-state index contributed by atoms with van der Waals surface area (Å²) in [5.41, 5.74) is 7.96. The molecule has 0 heterocycles. The van der Waals surface area contributed by atoms with Crippen molar-refractivity contribution >= 4 is 5.91 Å². The zero-order valence-corrected chi connectivity index (χ0v) is 11.6. The molecule has 0 saturated heterocycles. The number of ether oxygens (including phenoxy) is 1. The number of carbonyl (C=O) groups is 1. The molecule has 1 aromatic carbocycles. The summed E-state index contributed by atoms with van der Waals surface area (Å²) in [5, 5.41) is 2.97. The van der Waals surface area contributed by atoms with E-state index < -0.39 is 0 Å². The Morgan fingerprint density at radius 1 is 1.47 bits per heavy atom. The number of rotatable bonds is 5. The molecule has 4 nitrogen and oxygen atoms in total. The average Bonchev–Trinajstić information content (AvgIpc) is 2.40. The molecule has 0 aliphatic heterocycles. The van der Waals surface area contributed by atoms with Crippen LogP contribution in [0.15, 0.2) is 18.2 Å². The molecule has 1 fully saturated rings. The molecular formula is C15H22N2O2. The van der Waals surface area contributed by atoms with Crippen molar-refractivity contribution in [3.8, 4) is 5.75 Å². The van der Waals surface area contributed by atoms with E-state index in [1.807, 2.05) is 12.1 Å². The number of amides is 1. The highest BCUT2D eigenvalue weighted by molar-refractivity contribution is 5.79. The predicted molar refractivity (Wildman–Crippen MR) is 74.9 cm³/mol. The second-order valence-corrected chi connectivity index (χ2v) is 5.15. The summed E-state index contributed by atoms with van der Waals surface area (Å²) >= 11 is 0. The van der Waals surface area contributed by atoms with Gasteiger partial charge >= 0.3 is 0 Å². The Kier molecular flexibility index (Phi) is 4.43. The fourth-order valence-corrected chi connectivity index (χ4v) is 2.43. The molecule has 0 atom stereocenters. The van der Waals surface area contributed by atoms with E-state index in [1.54, 1.807) is 7.11 Å². The average molecular weight is 262 g/mol. The van der Waals surface area contributed by atoms with Gasteiger partial charge in [-0.3, -0.25) is 4.79 Å². The number of aryl methyl sites for hydroxylation is 1. The van der Waals surface area contributed by atoms with E-state index in [1.165, 1.54) is 5.56 Å². The first-order chi connectivity index (χ1) is 9.13. The summed E-state index contributed by atoms with van der Waals surface area (Å²) in [6.45, 7) is 2.66. The molecule has 0 spiro atoms. The van der Waals surface area contributed by atoms with Crippen LogP contribution in [-0.4, -0.2) is 19.1 Å². The number of nitrogens with two attached hydrogens (primary N) is 1. The summed E-state index contributed by atoms with van der Waals surface area (Å²) in [6.07, 6.45) is 2.55. The van der Waals surface area contributed by atoms with E-state index >= 15 is 0 Å². The van der Waals surface area contributed by atoms with Gasteiger partial charge in [-0.1, -0.05) is 19.1 Å². The first-order valence-corrected chi connectivity index (χ1v) is 6.83. The lowest BCUT2D eigenvalue weighted by molar-refractivity contribution is -0.128. The van der Waals surface area contributed by atoms with Gasteiger partial charge in [0, 0.05) is 18.5 Å². The van der Waals surface area contributed by atoms with Crippen LogP contribution in [0.2, 0.25) is 0 Å². The van der Waals surface area contributed by atoms with Crippen LogP contribution in [-0.2, 0) is 17.8 Å². The molecule has 2 rings (SSSR count). The van der Waals surface area contributed by atoms with Crippen LogP contribution in [0.4, 0.5) is 0 Å². The summed E-state index contributed by atoms with van der Waals surface area (Å²) in [6, 6.07) is 6.25. The third kappa shape index (κ3) is 3.26. The van der Waals surface area contributed by atoms with E-state index in [9.17, 15) is 4.79 Å². The molecule has 19 heavy (non-hydrogen) atoms. The van der Waals surface area contributed by atoms with Gasteiger partial charge in [0.15, 0.2) is 0 Å². The molecule has 1 aliphatic carbocycles. The van der Waals surface area contributed by atoms with Crippen LogP contribution < -0.4 is 15.8 Å². The monoisotopic (exact) mass is 262 g/mol. The fourth-order valence-electron chi connectivity index (χ4n) is 2.43. The summed E-state index contributed by atoms with van der Waals surface area (Å²) in [5.74, 6) is 1.14. The molecular weight excluding hydrogens is 240 g/mol. The van der Waals surface area contributed by atoms with Crippen LogP contribution in [0.25, 0.3) is 0 Å². The first-order valence-electron chi connectivity index (χ1n) is 6.83. The van der Waals surface area contributed by atoms with Crippen LogP contribution >= 0.6 is 0 Å². The maximum Gasteiger partial charge on any atom is 0.223 e. The highest BCUT2D eigenvalue weighted by Crippen LogP contribution is 2.25. The van der Waals surface area contributed by atoms with Crippen molar-refractivity contribution in [1.82, 2.24) is 5.32 Å². The lowest BCUT2D eigenvalue weighted by atomic mass is 9.80. The molecule has 1 amide bonds. The van der Waals surface area contributed by atoms with Crippen molar-refractivity contribution in [2.24, 2.45) is 11.7 Å². The van der Waals surface area contributed by atoms with Gasteiger partial charge in [0.1, 0.15) is 5.75 Å². The Morgan fingerprint density at radius 2 is 2.21 bits per heavy atom. The van der Waals surface area contributed by atoms with Crippen molar-refractivity contribution in [3.05, 3.63) is 29.3 Å². The van der Waals surface area contributed by atoms with E-state index in [0.29, 0.717) is 6.54 Å². The third-order valence-electron chi connectivity index (χ3n) is 3.74. The van der Waals surface area contributed by atoms with E-state index in [0.717, 1.165) is 30.6 Å². The van der Waals surface area contributed by atoms with Gasteiger partial charge in [0.2, 0.25) is 5.91 Å². The molecule has 0 radical (unpaired) electrons. The van der Waals surface area contributed by atoms with Crippen LogP contribution in [0.5, 0.6) is 5.75 Å². The smallest absolute Gasteiger partial charge is 0.223 e. The Hall–Kier alpha value is -1.55. The van der Waals surface area contributed by atoms with Crippen LogP contribution in [0, 0.1) is 5.92 Å². The summed E-state index contributed by atoms with van der Waals surface area (Å²) in [4.78, 5) is 11.8. The molecule has 0 unspecified atom stereocenters. The lowest BCUT2D eigenvalue weighted by Crippen LogP contribution is -2.44. The molecule has 0 bridgehead atoms. The number of hydrogen-bond acceptors (Lipinski definition) is 3. The van der Waals surface area contributed by atoms with Gasteiger partial charge in [0.25, 0.3) is 0 Å². The van der Waals surface area contributed by atoms with Gasteiger partial charge < -0.3 is 15.8 Å². The minimum absolute atomic E-state index is 0.110. The topological polar surface area (TPSA) is 64.4 Å². The first kappa shape index (κ1) is 13.9. The number of benzene rings is 1. The SMILES string of the molecule is CCc1cc(CNC(=O)C2CC(N)C2)ccc1OC. The minimum Gasteiger partial charge on any atom is -0.496 e. The Labute approximate surface area is 114 Å². The minimum atomic E-state index is 0.110. The molecule has 1 saturated carbocycles. The van der Waals surface area contributed by atoms with Crippen LogP contribution in [0.1, 0.15) is 30.9 Å². The second-order valence-electron chi connectivity index (χ2n) is 5.15. The maximum atomic E-state index is 11.8. The van der Waals surface area contributed by atoms with Crippen molar-refractivity contribution < 1.29 is 9.53 Å². The number of methoxy groups -OCH3 is 1. The van der Waals surface area contributed by atoms with Gasteiger partial charge in [-0.25, -0.2) is 0 Å². The normalized spacial score (nSPS) is 21.6. The van der Waals surface area contributed by atoms with Crippen LogP contribution in [0.3, 0.4) is 0 Å². The zero-order valence-electron chi connectivity index (χ0n) is 11.6. The van der Waals surface area contributed by atoms with E-state index in [4.69, 9.17) is 10.5 Å². The van der Waals surface area contributed by atoms with Gasteiger partial charge in [-0.2, -0.15) is 0 Å². The molecule has 4 heteroatoms. The quantitative estimate of drug-likeness (QED) is 0.847. The summed E-state index contributed by atoms with van der Waals surface area (Å²) < 4.78 is 5.29. The van der Waals surface area contributed by atoms with E-state index in [2.05, 4.69) is 18.3 Å². The highest BCUT2D eigenvalue weighted by atomic mass is 16.5. The van der Waals surface area contributed by atoms with Gasteiger partial charge in [0.05, 0.1) is 7.11 Å². The van der Waals surface area contributed by atoms with Crippen molar-refractivity contribution in [1.29, 1.82) is 0 Å². The largest absolute Gasteiger partial charge is 0.496 e. The Balaban J connectivity index is 1.90. The van der Waals surface area contributed by atoms with Gasteiger partial charge in [-0.15, -0.1) is 0 Å². The Morgan fingerprint density at radius 3 is 2.79 bits per heavy atom. The third-order valence-corrected chi connectivity index (χ3v) is 3.74. The zero-order chi connectivity index (χ0) is 13.8. The standard InChI is InChI=1S/C15H22N2O2/c1-3-11-6-10(4-5-14(11)19-2)9-17-15(18)12-7-13(16)8-12/h4-6,12-13H,3,7-9,16H2,1-2H3,(H,17,18). The van der Waals surface area contributed by atoms with Crippen molar-refractivity contribution in [2.75, 3.05) is 7.11 Å². The molecule has 104 valence electrons. The van der Waals surface area contributed by atoms with Crippen molar-refractivity contribution in [3.63, 3.8) is 0 Å². The number of carbonyl (C=O) groups excluding carboxylic acids is 1. The maximum absolute atomic E-state index is 11.8. The Bertz CT molecular complexity index is 453. The fraction of sp³-hybridized carbons (Fsp3) is 0.533. The molecule has 0 aromatic heterocycles. The predicted octanol–water partition coefficient (Wildman–Crippen LogP) is 1.61. The van der Waals surface area contributed by atoms with Gasteiger partial charge in [-0.05, 0) is 36.5 Å². The lowest BCUT2D eigenvalue weighted by Gasteiger charge is -2.31. The summed E-state index contributed by atoms with van der Waals surface area (Å²) in [7, 11) is 1.68.